The number of likely N-dealkylation sites (N-methyl/N-ethyl adjacent to an activating group) is 1. The number of methoxy groups -OCH3 is 1. The van der Waals surface area contributed by atoms with Crippen LogP contribution in [-0.4, -0.2) is 41.3 Å². The van der Waals surface area contributed by atoms with Gasteiger partial charge in [-0.3, -0.25) is 4.79 Å². The largest absolute Gasteiger partial charge is 0.468 e. The minimum absolute atomic E-state index is 0.172. The van der Waals surface area contributed by atoms with Crippen LogP contribution < -0.4 is 10.6 Å². The monoisotopic (exact) mass is 249 g/mol. The molecule has 0 spiro atoms. The zero-order valence-electron chi connectivity index (χ0n) is 10.5. The van der Waals surface area contributed by atoms with Crippen molar-refractivity contribution in [3.05, 3.63) is 17.8 Å². The van der Waals surface area contributed by atoms with Crippen LogP contribution in [0, 0.1) is 6.92 Å². The van der Waals surface area contributed by atoms with Gasteiger partial charge in [-0.15, -0.1) is 5.10 Å². The minimum atomic E-state index is -0.298. The average molecular weight is 249 g/mol. The van der Waals surface area contributed by atoms with Crippen molar-refractivity contribution in [1.82, 2.24) is 14.6 Å². The third-order valence-corrected chi connectivity index (χ3v) is 2.65. The predicted octanol–water partition coefficient (Wildman–Crippen LogP) is 0.229. The van der Waals surface area contributed by atoms with E-state index in [1.807, 2.05) is 13.0 Å². The Balaban J connectivity index is 2.36. The number of hydrogen-bond donors (Lipinski definition) is 1. The molecule has 0 bridgehead atoms. The molecule has 2 aromatic rings. The van der Waals surface area contributed by atoms with Gasteiger partial charge in [-0.2, -0.15) is 4.98 Å². The third kappa shape index (κ3) is 2.20. The highest BCUT2D eigenvalue weighted by Crippen LogP contribution is 2.18. The van der Waals surface area contributed by atoms with Crippen LogP contribution in [0.25, 0.3) is 5.65 Å². The molecule has 0 unspecified atom stereocenters. The maximum atomic E-state index is 11.2. The van der Waals surface area contributed by atoms with Gasteiger partial charge in [-0.1, -0.05) is 0 Å². The highest BCUT2D eigenvalue weighted by atomic mass is 16.5. The van der Waals surface area contributed by atoms with Crippen molar-refractivity contribution >= 4 is 23.3 Å². The predicted molar refractivity (Wildman–Crippen MR) is 67.4 cm³/mol. The van der Waals surface area contributed by atoms with Crippen molar-refractivity contribution in [1.29, 1.82) is 0 Å². The summed E-state index contributed by atoms with van der Waals surface area (Å²) in [6, 6.07) is 1.92. The Labute approximate surface area is 104 Å². The summed E-state index contributed by atoms with van der Waals surface area (Å²) in [6.45, 7) is 2.09. The van der Waals surface area contributed by atoms with Crippen LogP contribution in [0.1, 0.15) is 5.56 Å². The molecule has 7 heteroatoms. The Kier molecular flexibility index (Phi) is 3.05. The number of nitrogen functional groups attached to an aromatic ring is 1. The second-order valence-electron chi connectivity index (χ2n) is 4.05. The van der Waals surface area contributed by atoms with Gasteiger partial charge in [0, 0.05) is 7.05 Å². The summed E-state index contributed by atoms with van der Waals surface area (Å²) in [4.78, 5) is 17.1. The second-order valence-corrected chi connectivity index (χ2v) is 4.05. The van der Waals surface area contributed by atoms with E-state index in [0.717, 1.165) is 11.3 Å². The number of carbonyl (C=O) groups excluding carboxylic acids is 1. The number of nitrogens with zero attached hydrogens (tertiary/aromatic N) is 4. The van der Waals surface area contributed by atoms with Gasteiger partial charge in [0.25, 0.3) is 0 Å². The van der Waals surface area contributed by atoms with Gasteiger partial charge in [-0.25, -0.2) is 4.52 Å². The fraction of sp³-hybridized carbons (Fsp3) is 0.364. The normalized spacial score (nSPS) is 10.6. The molecule has 0 aliphatic carbocycles. The quantitative estimate of drug-likeness (QED) is 0.784. The molecule has 0 aromatic carbocycles. The molecule has 2 N–H and O–H groups in total. The second kappa shape index (κ2) is 4.52. The molecule has 0 aliphatic rings. The lowest BCUT2D eigenvalue weighted by molar-refractivity contribution is -0.138. The summed E-state index contributed by atoms with van der Waals surface area (Å²) < 4.78 is 6.23. The van der Waals surface area contributed by atoms with Gasteiger partial charge in [0.2, 0.25) is 5.95 Å². The van der Waals surface area contributed by atoms with Crippen molar-refractivity contribution in [2.45, 2.75) is 6.92 Å². The molecule has 0 amide bonds. The first-order valence-electron chi connectivity index (χ1n) is 5.41. The van der Waals surface area contributed by atoms with E-state index in [9.17, 15) is 4.79 Å². The molecular formula is C11H15N5O2. The lowest BCUT2D eigenvalue weighted by atomic mass is 10.2. The van der Waals surface area contributed by atoms with Gasteiger partial charge in [0.1, 0.15) is 6.54 Å². The summed E-state index contributed by atoms with van der Waals surface area (Å²) in [5.41, 5.74) is 8.05. The third-order valence-electron chi connectivity index (χ3n) is 2.65. The van der Waals surface area contributed by atoms with Crippen molar-refractivity contribution in [3.8, 4) is 0 Å². The maximum Gasteiger partial charge on any atom is 0.325 e. The first-order chi connectivity index (χ1) is 8.51. The topological polar surface area (TPSA) is 85.8 Å². The summed E-state index contributed by atoms with van der Waals surface area (Å²) in [7, 11) is 3.17. The van der Waals surface area contributed by atoms with E-state index in [0.29, 0.717) is 5.65 Å². The molecule has 2 heterocycles. The lowest BCUT2D eigenvalue weighted by Gasteiger charge is -2.18. The first kappa shape index (κ1) is 12.2. The summed E-state index contributed by atoms with van der Waals surface area (Å²) in [5, 5.41) is 4.06. The van der Waals surface area contributed by atoms with Crippen LogP contribution in [0.4, 0.5) is 11.6 Å². The number of rotatable bonds is 3. The molecule has 0 saturated heterocycles. The maximum absolute atomic E-state index is 11.2. The molecule has 0 atom stereocenters. The van der Waals surface area contributed by atoms with Gasteiger partial charge >= 0.3 is 5.97 Å². The average Bonchev–Trinajstić information content (AvgIpc) is 2.69. The van der Waals surface area contributed by atoms with E-state index in [-0.39, 0.29) is 18.5 Å². The number of esters is 1. The van der Waals surface area contributed by atoms with Crippen molar-refractivity contribution in [2.24, 2.45) is 0 Å². The van der Waals surface area contributed by atoms with Crippen LogP contribution in [0.2, 0.25) is 0 Å². The number of aromatic nitrogens is 3. The number of fused-ring (bicyclic) bond motifs is 1. The number of hydrogen-bond acceptors (Lipinski definition) is 6. The molecule has 18 heavy (non-hydrogen) atoms. The SMILES string of the molecule is COC(=O)CN(C)c1cc(C)c2nc(N)nn2c1. The van der Waals surface area contributed by atoms with E-state index in [1.54, 1.807) is 22.7 Å². The smallest absolute Gasteiger partial charge is 0.325 e. The molecule has 96 valence electrons. The Morgan fingerprint density at radius 2 is 2.33 bits per heavy atom. The Hall–Kier alpha value is -2.31. The lowest BCUT2D eigenvalue weighted by Crippen LogP contribution is -2.26. The number of anilines is 2. The molecule has 2 rings (SSSR count). The van der Waals surface area contributed by atoms with Crippen molar-refractivity contribution in [2.75, 3.05) is 31.3 Å². The van der Waals surface area contributed by atoms with E-state index >= 15 is 0 Å². The molecule has 7 nitrogen and oxygen atoms in total. The van der Waals surface area contributed by atoms with Crippen LogP contribution >= 0.6 is 0 Å². The van der Waals surface area contributed by atoms with Gasteiger partial charge < -0.3 is 15.4 Å². The van der Waals surface area contributed by atoms with Crippen LogP contribution in [0.5, 0.6) is 0 Å². The van der Waals surface area contributed by atoms with Gasteiger partial charge in [0.05, 0.1) is 19.0 Å². The Morgan fingerprint density at radius 1 is 1.61 bits per heavy atom. The highest BCUT2D eigenvalue weighted by Gasteiger charge is 2.11. The molecule has 0 fully saturated rings. The van der Waals surface area contributed by atoms with Gasteiger partial charge in [-0.05, 0) is 18.6 Å². The van der Waals surface area contributed by atoms with Crippen LogP contribution in [0.15, 0.2) is 12.3 Å². The van der Waals surface area contributed by atoms with E-state index in [1.165, 1.54) is 7.11 Å². The molecule has 0 aliphatic heterocycles. The van der Waals surface area contributed by atoms with Crippen LogP contribution in [-0.2, 0) is 9.53 Å². The van der Waals surface area contributed by atoms with E-state index in [2.05, 4.69) is 14.8 Å². The van der Waals surface area contributed by atoms with Crippen molar-refractivity contribution < 1.29 is 9.53 Å². The fourth-order valence-electron chi connectivity index (χ4n) is 1.71. The van der Waals surface area contributed by atoms with Gasteiger partial charge in [0.15, 0.2) is 5.65 Å². The Morgan fingerprint density at radius 3 is 3.00 bits per heavy atom. The number of carbonyl (C=O) groups is 1. The summed E-state index contributed by atoms with van der Waals surface area (Å²) >= 11 is 0. The molecule has 2 aromatic heterocycles. The number of nitrogens with two attached hydrogens (primary N) is 1. The molecule has 0 radical (unpaired) electrons. The summed E-state index contributed by atoms with van der Waals surface area (Å²) in [5.74, 6) is -0.0702. The molecule has 0 saturated carbocycles. The zero-order valence-corrected chi connectivity index (χ0v) is 10.5. The van der Waals surface area contributed by atoms with E-state index in [4.69, 9.17) is 5.73 Å². The van der Waals surface area contributed by atoms with E-state index < -0.39 is 0 Å². The summed E-state index contributed by atoms with van der Waals surface area (Å²) in [6.07, 6.45) is 1.77. The van der Waals surface area contributed by atoms with Crippen molar-refractivity contribution in [3.63, 3.8) is 0 Å². The van der Waals surface area contributed by atoms with Crippen LogP contribution in [0.3, 0.4) is 0 Å². The highest BCUT2D eigenvalue weighted by molar-refractivity contribution is 5.75. The molecular weight excluding hydrogens is 234 g/mol. The standard InChI is InChI=1S/C11H15N5O2/c1-7-4-8(15(2)6-9(17)18-3)5-16-10(7)13-11(12)14-16/h4-5H,6H2,1-3H3,(H2,12,14). The number of ether oxygens (including phenoxy) is 1. The minimum Gasteiger partial charge on any atom is -0.468 e. The number of aryl methyl sites for hydroxylation is 1. The number of pyridine rings is 1. The Bertz CT molecular complexity index is 592. The zero-order chi connectivity index (χ0) is 13.3. The fourth-order valence-corrected chi connectivity index (χ4v) is 1.71. The first-order valence-corrected chi connectivity index (χ1v) is 5.41.